The maximum atomic E-state index is 13.2. The van der Waals surface area contributed by atoms with Crippen LogP contribution in [0.1, 0.15) is 58.4 Å². The van der Waals surface area contributed by atoms with Crippen LogP contribution in [0, 0.1) is 0 Å². The standard InChI is InChI=1S/C32H33N5O6/c1-32(2,3)43-31(40)36-35-30(39)25-18-27(41-20-22-10-6-4-7-11-22)28(42-21-23-12-8-5-9-13-23)26(34-25)19-37-16-14-24(15-17-37)29(33)38/h4-18,38H,19-21,33H2,1-3H3/p+1. The number of aromatic nitrogens is 2. The average molecular weight is 585 g/mol. The molecule has 0 saturated heterocycles. The summed E-state index contributed by atoms with van der Waals surface area (Å²) in [6, 6.07) is 23.8. The molecule has 4 N–H and O–H groups in total. The van der Waals surface area contributed by atoms with Gasteiger partial charge in [-0.3, -0.25) is 15.0 Å². The predicted molar refractivity (Wildman–Crippen MR) is 157 cm³/mol. The second-order valence-corrected chi connectivity index (χ2v) is 10.5. The number of ether oxygens (including phenoxy) is 3. The molecule has 3 amide bonds. The zero-order valence-corrected chi connectivity index (χ0v) is 24.2. The minimum Gasteiger partial charge on any atom is -0.485 e. The number of nitrogens with two attached hydrogens (primary N) is 1. The fraction of sp³-hybridized carbons (Fsp3) is 0.219. The second kappa shape index (κ2) is 13.9. The molecule has 0 aliphatic rings. The number of nitrogens with zero attached hydrogens (tertiary/aromatic N) is 2. The number of nitrogens with one attached hydrogen (secondary N) is 2. The Balaban J connectivity index is 1.70. The normalized spacial score (nSPS) is 10.9. The van der Waals surface area contributed by atoms with Crippen LogP contribution in [0.15, 0.2) is 91.3 Å². The summed E-state index contributed by atoms with van der Waals surface area (Å²) in [6.07, 6.45) is 2.52. The minimum absolute atomic E-state index is 0.0319. The van der Waals surface area contributed by atoms with E-state index >= 15 is 0 Å². The fourth-order valence-electron chi connectivity index (χ4n) is 3.89. The topological polar surface area (TPSA) is 146 Å². The van der Waals surface area contributed by atoms with Crippen LogP contribution in [0.4, 0.5) is 4.79 Å². The summed E-state index contributed by atoms with van der Waals surface area (Å²) in [5.74, 6) is -0.630. The van der Waals surface area contributed by atoms with E-state index in [4.69, 9.17) is 19.9 Å². The number of benzene rings is 2. The third-order valence-electron chi connectivity index (χ3n) is 5.89. The Morgan fingerprint density at radius 3 is 1.98 bits per heavy atom. The van der Waals surface area contributed by atoms with Gasteiger partial charge in [-0.1, -0.05) is 60.7 Å². The highest BCUT2D eigenvalue weighted by Gasteiger charge is 2.24. The van der Waals surface area contributed by atoms with Crippen LogP contribution in [0.3, 0.4) is 0 Å². The minimum atomic E-state index is -0.825. The lowest BCUT2D eigenvalue weighted by atomic mass is 10.2. The average Bonchev–Trinajstić information content (AvgIpc) is 2.98. The molecule has 4 aromatic rings. The van der Waals surface area contributed by atoms with Crippen molar-refractivity contribution in [1.82, 2.24) is 15.8 Å². The summed E-state index contributed by atoms with van der Waals surface area (Å²) < 4.78 is 19.4. The Labute approximate surface area is 249 Å². The van der Waals surface area contributed by atoms with E-state index in [-0.39, 0.29) is 31.2 Å². The highest BCUT2D eigenvalue weighted by Crippen LogP contribution is 2.33. The van der Waals surface area contributed by atoms with Crippen LogP contribution in [-0.2, 0) is 24.5 Å². The molecule has 0 aliphatic heterocycles. The molecule has 43 heavy (non-hydrogen) atoms. The fourth-order valence-corrected chi connectivity index (χ4v) is 3.89. The number of primary amides is 1. The number of carbonyl (C=O) groups is 3. The van der Waals surface area contributed by atoms with Gasteiger partial charge in [0.15, 0.2) is 36.1 Å². The molecule has 0 atom stereocenters. The first-order valence-corrected chi connectivity index (χ1v) is 13.5. The van der Waals surface area contributed by atoms with E-state index in [2.05, 4.69) is 15.8 Å². The lowest BCUT2D eigenvalue weighted by molar-refractivity contribution is -0.688. The number of carbonyl (C=O) groups excluding carboxylic acids is 3. The van der Waals surface area contributed by atoms with Crippen LogP contribution in [-0.4, -0.2) is 28.5 Å². The van der Waals surface area contributed by atoms with Gasteiger partial charge >= 0.3 is 6.09 Å². The summed E-state index contributed by atoms with van der Waals surface area (Å²) in [5, 5.41) is 0. The quantitative estimate of drug-likeness (QED) is 0.190. The second-order valence-electron chi connectivity index (χ2n) is 10.5. The highest BCUT2D eigenvalue weighted by atomic mass is 16.6. The Hall–Kier alpha value is -5.45. The molecule has 0 fully saturated rings. The van der Waals surface area contributed by atoms with Gasteiger partial charge in [0.1, 0.15) is 24.5 Å². The first kappa shape index (κ1) is 30.5. The lowest BCUT2D eigenvalue weighted by Crippen LogP contribution is -2.44. The molecular formula is C32H34N5O6+. The molecule has 222 valence electrons. The zero-order valence-electron chi connectivity index (χ0n) is 24.2. The first-order chi connectivity index (χ1) is 20.6. The van der Waals surface area contributed by atoms with Gasteiger partial charge in [-0.25, -0.2) is 15.2 Å². The number of hydrogen-bond acceptors (Lipinski definition) is 7. The Bertz CT molecular complexity index is 1560. The number of amides is 3. The predicted octanol–water partition coefficient (Wildman–Crippen LogP) is 3.84. The molecule has 2 heterocycles. The van der Waals surface area contributed by atoms with Gasteiger partial charge in [0.05, 0.1) is 5.56 Å². The van der Waals surface area contributed by atoms with Crippen molar-refractivity contribution in [3.05, 3.63) is 119 Å². The maximum absolute atomic E-state index is 13.2. The van der Waals surface area contributed by atoms with E-state index < -0.39 is 23.5 Å². The van der Waals surface area contributed by atoms with Gasteiger partial charge < -0.3 is 19.9 Å². The molecule has 0 bridgehead atoms. The van der Waals surface area contributed by atoms with Crippen LogP contribution < -0.4 is 30.6 Å². The summed E-state index contributed by atoms with van der Waals surface area (Å²) in [6.45, 7) is 5.70. The van der Waals surface area contributed by atoms with E-state index in [1.165, 1.54) is 6.07 Å². The molecule has 4 rings (SSSR count). The first-order valence-electron chi connectivity index (χ1n) is 13.5. The van der Waals surface area contributed by atoms with Gasteiger partial charge in [-0.05, 0) is 31.9 Å². The lowest BCUT2D eigenvalue weighted by Gasteiger charge is -2.20. The van der Waals surface area contributed by atoms with Crippen molar-refractivity contribution in [1.29, 1.82) is 0 Å². The molecule has 11 nitrogen and oxygen atoms in total. The number of hydrazine groups is 1. The Morgan fingerprint density at radius 2 is 1.42 bits per heavy atom. The largest absolute Gasteiger partial charge is 0.485 e. The van der Waals surface area contributed by atoms with Crippen LogP contribution in [0.2, 0.25) is 0 Å². The smallest absolute Gasteiger partial charge is 0.426 e. The van der Waals surface area contributed by atoms with Gasteiger partial charge in [-0.2, -0.15) is 4.57 Å². The molecule has 0 saturated carbocycles. The summed E-state index contributed by atoms with van der Waals surface area (Å²) in [5.41, 5.74) is 11.7. The molecule has 2 aromatic carbocycles. The van der Waals surface area contributed by atoms with Gasteiger partial charge in [0, 0.05) is 18.2 Å². The van der Waals surface area contributed by atoms with Crippen molar-refractivity contribution in [3.8, 4) is 11.5 Å². The molecule has 0 aliphatic carbocycles. The van der Waals surface area contributed by atoms with Crippen molar-refractivity contribution in [2.75, 3.05) is 0 Å². The van der Waals surface area contributed by atoms with Crippen molar-refractivity contribution < 1.29 is 33.2 Å². The van der Waals surface area contributed by atoms with E-state index in [1.807, 2.05) is 60.7 Å². The Kier molecular flexibility index (Phi) is 9.89. The van der Waals surface area contributed by atoms with Crippen molar-refractivity contribution in [2.45, 2.75) is 46.1 Å². The van der Waals surface area contributed by atoms with E-state index in [1.54, 1.807) is 49.9 Å². The highest BCUT2D eigenvalue weighted by molar-refractivity contribution is 5.94. The van der Waals surface area contributed by atoms with Crippen LogP contribution >= 0.6 is 0 Å². The van der Waals surface area contributed by atoms with Crippen LogP contribution in [0.25, 0.3) is 0 Å². The SMILES string of the molecule is CC(C)(C)OC(=O)NNC(=O)c1cc(OCc2ccccc2)c(OCc2ccccc2)c(C[n+]2ccc(C(N)=O)cc2)n1. The van der Waals surface area contributed by atoms with Crippen molar-refractivity contribution >= 4 is 17.9 Å². The van der Waals surface area contributed by atoms with Gasteiger partial charge in [-0.15, -0.1) is 0 Å². The number of hydrogen-bond donors (Lipinski definition) is 3. The zero-order chi connectivity index (χ0) is 30.8. The summed E-state index contributed by atoms with van der Waals surface area (Å²) in [4.78, 5) is 41.4. The number of rotatable bonds is 10. The maximum Gasteiger partial charge on any atom is 0.426 e. The van der Waals surface area contributed by atoms with Gasteiger partial charge in [0.25, 0.3) is 5.91 Å². The van der Waals surface area contributed by atoms with E-state index in [9.17, 15) is 14.4 Å². The molecule has 0 spiro atoms. The van der Waals surface area contributed by atoms with Crippen molar-refractivity contribution in [2.24, 2.45) is 5.73 Å². The Morgan fingerprint density at radius 1 is 0.837 bits per heavy atom. The van der Waals surface area contributed by atoms with Crippen LogP contribution in [0.5, 0.6) is 11.5 Å². The molecule has 0 unspecified atom stereocenters. The monoisotopic (exact) mass is 584 g/mol. The van der Waals surface area contributed by atoms with Gasteiger partial charge in [0.2, 0.25) is 5.91 Å². The third-order valence-corrected chi connectivity index (χ3v) is 5.89. The third kappa shape index (κ3) is 9.28. The molecule has 2 aromatic heterocycles. The van der Waals surface area contributed by atoms with E-state index in [0.717, 1.165) is 11.1 Å². The molecular weight excluding hydrogens is 550 g/mol. The summed E-state index contributed by atoms with van der Waals surface area (Å²) >= 11 is 0. The van der Waals surface area contributed by atoms with E-state index in [0.29, 0.717) is 17.0 Å². The number of pyridine rings is 2. The molecule has 0 radical (unpaired) electrons. The summed E-state index contributed by atoms with van der Waals surface area (Å²) in [7, 11) is 0. The van der Waals surface area contributed by atoms with Crippen molar-refractivity contribution in [3.63, 3.8) is 0 Å². The molecule has 11 heteroatoms.